The number of carbonyl (C=O) groups is 1. The average molecular weight is 548 g/mol. The van der Waals surface area contributed by atoms with Crippen LogP contribution in [0.3, 0.4) is 0 Å². The van der Waals surface area contributed by atoms with Crippen LogP contribution in [0.2, 0.25) is 0 Å². The third kappa shape index (κ3) is 5.68. The van der Waals surface area contributed by atoms with E-state index >= 15 is 0 Å². The summed E-state index contributed by atoms with van der Waals surface area (Å²) >= 11 is 0. The molecule has 0 atom stereocenters. The predicted octanol–water partition coefficient (Wildman–Crippen LogP) is 7.85. The molecule has 5 rings (SSSR count). The fraction of sp³-hybridized carbons (Fsp3) is 0.103. The SMILES string of the molecule is CCc1nccc(-c2cccnc2Oc2ccc(NC(=O)Nc3cc(C(F)(F)F)ccc3F)c3ccccc23)n1. The van der Waals surface area contributed by atoms with E-state index in [1.165, 1.54) is 0 Å². The van der Waals surface area contributed by atoms with Crippen molar-refractivity contribution in [3.8, 4) is 22.9 Å². The number of aromatic nitrogens is 3. The Morgan fingerprint density at radius 2 is 1.65 bits per heavy atom. The number of amides is 2. The number of benzene rings is 3. The number of aryl methyl sites for hydroxylation is 1. The first-order valence-electron chi connectivity index (χ1n) is 12.1. The van der Waals surface area contributed by atoms with Gasteiger partial charge in [0.2, 0.25) is 5.88 Å². The minimum atomic E-state index is -4.69. The second-order valence-corrected chi connectivity index (χ2v) is 8.60. The number of nitrogens with zero attached hydrogens (tertiary/aromatic N) is 3. The standard InChI is InChI=1S/C29H21F4N5O2/c1-2-26-34-15-13-23(36-26)20-8-5-14-35-27(20)40-25-12-11-22(18-6-3-4-7-19(18)25)37-28(39)38-24-16-17(29(31,32)33)9-10-21(24)30/h3-16H,2H2,1H3,(H2,37,38,39). The number of fused-ring (bicyclic) bond motifs is 1. The van der Waals surface area contributed by atoms with Crippen LogP contribution in [0.1, 0.15) is 18.3 Å². The fourth-order valence-electron chi connectivity index (χ4n) is 4.03. The first kappa shape index (κ1) is 26.5. The molecule has 11 heteroatoms. The number of halogens is 4. The quantitative estimate of drug-likeness (QED) is 0.211. The molecule has 2 amide bonds. The van der Waals surface area contributed by atoms with Crippen LogP contribution in [0.4, 0.5) is 33.7 Å². The summed E-state index contributed by atoms with van der Waals surface area (Å²) in [6, 6.07) is 16.5. The van der Waals surface area contributed by atoms with Gasteiger partial charge in [-0.1, -0.05) is 31.2 Å². The Morgan fingerprint density at radius 1 is 0.875 bits per heavy atom. The molecule has 0 saturated carbocycles. The highest BCUT2D eigenvalue weighted by Gasteiger charge is 2.31. The molecule has 2 aromatic heterocycles. The molecule has 0 radical (unpaired) electrons. The van der Waals surface area contributed by atoms with Gasteiger partial charge in [-0.25, -0.2) is 24.1 Å². The van der Waals surface area contributed by atoms with Crippen LogP contribution >= 0.6 is 0 Å². The van der Waals surface area contributed by atoms with E-state index in [1.807, 2.05) is 13.0 Å². The van der Waals surface area contributed by atoms with Crippen molar-refractivity contribution >= 4 is 28.2 Å². The van der Waals surface area contributed by atoms with E-state index in [-0.39, 0.29) is 0 Å². The summed E-state index contributed by atoms with van der Waals surface area (Å²) < 4.78 is 59.4. The van der Waals surface area contributed by atoms with Gasteiger partial charge in [0.15, 0.2) is 0 Å². The number of nitrogens with one attached hydrogen (secondary N) is 2. The Labute approximate surface area is 225 Å². The van der Waals surface area contributed by atoms with Crippen molar-refractivity contribution in [3.05, 3.63) is 102 Å². The summed E-state index contributed by atoms with van der Waals surface area (Å²) in [5, 5.41) is 5.92. The van der Waals surface area contributed by atoms with E-state index in [4.69, 9.17) is 4.74 Å². The van der Waals surface area contributed by atoms with E-state index in [1.54, 1.807) is 60.9 Å². The van der Waals surface area contributed by atoms with Gasteiger partial charge >= 0.3 is 12.2 Å². The lowest BCUT2D eigenvalue weighted by molar-refractivity contribution is -0.137. The Balaban J connectivity index is 1.43. The van der Waals surface area contributed by atoms with Crippen molar-refractivity contribution in [1.82, 2.24) is 15.0 Å². The highest BCUT2D eigenvalue weighted by molar-refractivity contribution is 6.07. The molecule has 3 aromatic carbocycles. The molecule has 0 aliphatic carbocycles. The first-order valence-corrected chi connectivity index (χ1v) is 12.1. The van der Waals surface area contributed by atoms with Crippen molar-refractivity contribution in [2.24, 2.45) is 0 Å². The van der Waals surface area contributed by atoms with Gasteiger partial charge < -0.3 is 15.4 Å². The zero-order valence-electron chi connectivity index (χ0n) is 21.0. The minimum absolute atomic E-state index is 0.312. The van der Waals surface area contributed by atoms with Crippen molar-refractivity contribution in [1.29, 1.82) is 0 Å². The van der Waals surface area contributed by atoms with Crippen LogP contribution in [0, 0.1) is 5.82 Å². The number of ether oxygens (including phenoxy) is 1. The number of anilines is 2. The maximum absolute atomic E-state index is 14.1. The second kappa shape index (κ2) is 11.0. The number of rotatable bonds is 6. The molecule has 202 valence electrons. The zero-order chi connectivity index (χ0) is 28.3. The van der Waals surface area contributed by atoms with Gasteiger partial charge in [-0.15, -0.1) is 0 Å². The molecule has 40 heavy (non-hydrogen) atoms. The molecule has 5 aromatic rings. The van der Waals surface area contributed by atoms with Crippen molar-refractivity contribution in [3.63, 3.8) is 0 Å². The van der Waals surface area contributed by atoms with Crippen molar-refractivity contribution in [2.45, 2.75) is 19.5 Å². The predicted molar refractivity (Wildman–Crippen MR) is 143 cm³/mol. The number of pyridine rings is 1. The summed E-state index contributed by atoms with van der Waals surface area (Å²) in [5.41, 5.74) is -0.0463. The van der Waals surface area contributed by atoms with Crippen LogP contribution in [0.15, 0.2) is 85.2 Å². The number of hydrogen-bond acceptors (Lipinski definition) is 5. The molecule has 0 unspecified atom stereocenters. The number of urea groups is 1. The normalized spacial score (nSPS) is 11.3. The van der Waals surface area contributed by atoms with Crippen LogP contribution < -0.4 is 15.4 Å². The number of hydrogen-bond donors (Lipinski definition) is 2. The summed E-state index contributed by atoms with van der Waals surface area (Å²) in [6.45, 7) is 1.96. The minimum Gasteiger partial charge on any atom is -0.438 e. The second-order valence-electron chi connectivity index (χ2n) is 8.60. The van der Waals surface area contributed by atoms with Gasteiger partial charge in [-0.2, -0.15) is 13.2 Å². The van der Waals surface area contributed by atoms with Crippen LogP contribution in [0.5, 0.6) is 11.6 Å². The van der Waals surface area contributed by atoms with E-state index in [0.717, 1.165) is 0 Å². The molecule has 0 saturated heterocycles. The Morgan fingerprint density at radius 3 is 2.42 bits per heavy atom. The summed E-state index contributed by atoms with van der Waals surface area (Å²) in [4.78, 5) is 25.8. The van der Waals surface area contributed by atoms with Gasteiger partial charge in [0.05, 0.1) is 28.2 Å². The van der Waals surface area contributed by atoms with Crippen LogP contribution in [-0.2, 0) is 12.6 Å². The first-order chi connectivity index (χ1) is 19.2. The lowest BCUT2D eigenvalue weighted by Crippen LogP contribution is -2.21. The molecule has 0 fully saturated rings. The van der Waals surface area contributed by atoms with Crippen LogP contribution in [0.25, 0.3) is 22.0 Å². The molecule has 0 aliphatic rings. The monoisotopic (exact) mass is 547 g/mol. The van der Waals surface area contributed by atoms with Crippen molar-refractivity contribution < 1.29 is 27.1 Å². The third-order valence-corrected chi connectivity index (χ3v) is 5.95. The summed E-state index contributed by atoms with van der Waals surface area (Å²) in [6.07, 6.45) is -0.760. The molecule has 2 heterocycles. The largest absolute Gasteiger partial charge is 0.438 e. The van der Waals surface area contributed by atoms with E-state index in [2.05, 4.69) is 25.6 Å². The molecule has 0 spiro atoms. The lowest BCUT2D eigenvalue weighted by Gasteiger charge is -2.15. The highest BCUT2D eigenvalue weighted by Crippen LogP contribution is 2.37. The van der Waals surface area contributed by atoms with E-state index in [9.17, 15) is 22.4 Å². The van der Waals surface area contributed by atoms with Crippen LogP contribution in [-0.4, -0.2) is 21.0 Å². The smallest absolute Gasteiger partial charge is 0.416 e. The Bertz CT molecular complexity index is 1710. The van der Waals surface area contributed by atoms with E-state index < -0.39 is 29.3 Å². The number of carbonyl (C=O) groups excluding carboxylic acids is 1. The summed E-state index contributed by atoms with van der Waals surface area (Å²) in [5.74, 6) is 0.427. The molecule has 0 bridgehead atoms. The highest BCUT2D eigenvalue weighted by atomic mass is 19.4. The topological polar surface area (TPSA) is 89.0 Å². The lowest BCUT2D eigenvalue weighted by atomic mass is 10.1. The van der Waals surface area contributed by atoms with Gasteiger partial charge in [-0.05, 0) is 48.5 Å². The Hall–Kier alpha value is -5.06. The Kier molecular flexibility index (Phi) is 7.28. The fourth-order valence-corrected chi connectivity index (χ4v) is 4.03. The molecule has 2 N–H and O–H groups in total. The molecule has 0 aliphatic heterocycles. The maximum atomic E-state index is 14.1. The van der Waals surface area contributed by atoms with E-state index in [0.29, 0.717) is 69.8 Å². The zero-order valence-corrected chi connectivity index (χ0v) is 21.0. The van der Waals surface area contributed by atoms with Gasteiger partial charge in [0, 0.05) is 29.6 Å². The molecular weight excluding hydrogens is 526 g/mol. The maximum Gasteiger partial charge on any atom is 0.416 e. The van der Waals surface area contributed by atoms with Gasteiger partial charge in [0.1, 0.15) is 17.4 Å². The van der Waals surface area contributed by atoms with Gasteiger partial charge in [0.25, 0.3) is 0 Å². The van der Waals surface area contributed by atoms with Crippen molar-refractivity contribution in [2.75, 3.05) is 10.6 Å². The average Bonchev–Trinajstić information content (AvgIpc) is 2.95. The molecular formula is C29H21F4N5O2. The molecule has 7 nitrogen and oxygen atoms in total. The number of alkyl halides is 3. The third-order valence-electron chi connectivity index (χ3n) is 5.95. The van der Waals surface area contributed by atoms with Gasteiger partial charge in [-0.3, -0.25) is 0 Å². The summed E-state index contributed by atoms with van der Waals surface area (Å²) in [7, 11) is 0.